The Labute approximate surface area is 271 Å². The lowest BCUT2D eigenvalue weighted by atomic mass is 9.60. The lowest BCUT2D eigenvalue weighted by Crippen LogP contribution is -2.83. The molecule has 0 unspecified atom stereocenters. The molecule has 4 aromatic rings. The van der Waals surface area contributed by atoms with Crippen LogP contribution < -0.4 is 4.74 Å². The van der Waals surface area contributed by atoms with E-state index in [9.17, 15) is 15.0 Å². The van der Waals surface area contributed by atoms with Crippen LogP contribution >= 0.6 is 12.6 Å². The van der Waals surface area contributed by atoms with Crippen LogP contribution in [0.25, 0.3) is 0 Å². The van der Waals surface area contributed by atoms with Crippen LogP contribution in [0.5, 0.6) is 5.75 Å². The molecule has 1 aliphatic rings. The molecule has 0 bridgehead atoms. The van der Waals surface area contributed by atoms with E-state index in [1.54, 1.807) is 20.8 Å². The van der Waals surface area contributed by atoms with Crippen LogP contribution in [-0.4, -0.2) is 51.1 Å². The topological polar surface area (TPSA) is 85.2 Å². The Morgan fingerprint density at radius 1 is 0.733 bits per heavy atom. The molecule has 1 saturated heterocycles. The molecule has 6 nitrogen and oxygen atoms in total. The van der Waals surface area contributed by atoms with Crippen LogP contribution in [0.4, 0.5) is 0 Å². The second-order valence-electron chi connectivity index (χ2n) is 12.9. The molecule has 0 aliphatic carbocycles. The third-order valence-corrected chi connectivity index (χ3v) is 9.13. The fraction of sp³-hybridized carbons (Fsp3) is 0.342. The quantitative estimate of drug-likeness (QED) is 0.143. The van der Waals surface area contributed by atoms with Gasteiger partial charge in [0.25, 0.3) is 0 Å². The van der Waals surface area contributed by atoms with Gasteiger partial charge in [-0.25, -0.2) is 0 Å². The van der Waals surface area contributed by atoms with Crippen LogP contribution in [0.15, 0.2) is 121 Å². The van der Waals surface area contributed by atoms with Gasteiger partial charge in [0.2, 0.25) is 0 Å². The van der Waals surface area contributed by atoms with Crippen molar-refractivity contribution in [1.29, 1.82) is 0 Å². The number of aliphatic hydroxyl groups is 2. The Hall–Kier alpha value is -3.62. The number of carbonyl (C=O) groups excluding carboxylic acids is 1. The fourth-order valence-corrected chi connectivity index (χ4v) is 6.63. The third-order valence-electron chi connectivity index (χ3n) is 8.59. The zero-order valence-corrected chi connectivity index (χ0v) is 26.9. The van der Waals surface area contributed by atoms with Crippen molar-refractivity contribution < 1.29 is 29.2 Å². The van der Waals surface area contributed by atoms with E-state index < -0.39 is 39.7 Å². The van der Waals surface area contributed by atoms with E-state index in [1.165, 1.54) is 0 Å². The first-order valence-corrected chi connectivity index (χ1v) is 15.8. The van der Waals surface area contributed by atoms with Gasteiger partial charge in [-0.3, -0.25) is 4.79 Å². The Kier molecular flexibility index (Phi) is 9.75. The van der Waals surface area contributed by atoms with Gasteiger partial charge in [-0.1, -0.05) is 109 Å². The van der Waals surface area contributed by atoms with Crippen molar-refractivity contribution in [1.82, 2.24) is 0 Å². The highest BCUT2D eigenvalue weighted by atomic mass is 32.1. The summed E-state index contributed by atoms with van der Waals surface area (Å²) >= 11 is 4.99. The average molecular weight is 627 g/mol. The minimum Gasteiger partial charge on any atom is -0.480 e. The van der Waals surface area contributed by atoms with E-state index in [1.807, 2.05) is 121 Å². The Balaban J connectivity index is 1.73. The Bertz CT molecular complexity index is 1490. The van der Waals surface area contributed by atoms with Crippen molar-refractivity contribution >= 4 is 18.6 Å². The SMILES string of the molecule is CC(C)(C)C(=O)OC[C@H]1O[C@@H](S)[C@](Cc2ccccc2)(Oc2ccccc2)[C@](O)(Cc2ccccc2)[C@@]1(O)Cc1ccccc1. The summed E-state index contributed by atoms with van der Waals surface area (Å²) in [6, 6.07) is 37.8. The number of rotatable bonds is 10. The standard InChI is InChI=1S/C38H42O6S/c1-35(2,3)33(39)42-27-32-36(40,24-28-16-8-4-9-17-28)38(41,26-30-20-12-6-13-21-30)37(34(45)43-32,25-29-18-10-5-11-19-29)44-31-22-14-7-15-23-31/h4-23,32,34,40-41,45H,24-27H2,1-3H3/t32-,34+,36-,37+,38+/m1/s1. The maximum Gasteiger partial charge on any atom is 0.311 e. The summed E-state index contributed by atoms with van der Waals surface area (Å²) in [4.78, 5) is 13.0. The summed E-state index contributed by atoms with van der Waals surface area (Å²) in [6.07, 6.45) is -1.000. The first-order valence-electron chi connectivity index (χ1n) is 15.3. The summed E-state index contributed by atoms with van der Waals surface area (Å²) in [5.74, 6) is 0.0411. The lowest BCUT2D eigenvalue weighted by molar-refractivity contribution is -0.335. The first-order chi connectivity index (χ1) is 21.5. The predicted molar refractivity (Wildman–Crippen MR) is 178 cm³/mol. The molecule has 5 atom stereocenters. The minimum atomic E-state index is -2.04. The number of benzene rings is 4. The van der Waals surface area contributed by atoms with Crippen molar-refractivity contribution in [2.45, 2.75) is 68.4 Å². The maximum absolute atomic E-state index is 13.6. The second-order valence-corrected chi connectivity index (χ2v) is 13.4. The molecule has 0 spiro atoms. The second kappa shape index (κ2) is 13.4. The molecular formula is C38H42O6S. The van der Waals surface area contributed by atoms with Crippen molar-refractivity contribution in [3.05, 3.63) is 138 Å². The van der Waals surface area contributed by atoms with Crippen LogP contribution in [0.2, 0.25) is 0 Å². The van der Waals surface area contributed by atoms with Gasteiger partial charge in [-0.15, -0.1) is 12.6 Å². The monoisotopic (exact) mass is 626 g/mol. The summed E-state index contributed by atoms with van der Waals surface area (Å²) < 4.78 is 19.2. The number of ether oxygens (including phenoxy) is 3. The molecule has 4 aromatic carbocycles. The summed E-state index contributed by atoms with van der Waals surface area (Å²) in [6.45, 7) is 5.00. The third kappa shape index (κ3) is 6.82. The van der Waals surface area contributed by atoms with E-state index in [2.05, 4.69) is 0 Å². The molecule has 0 aromatic heterocycles. The van der Waals surface area contributed by atoms with E-state index in [4.69, 9.17) is 26.8 Å². The largest absolute Gasteiger partial charge is 0.480 e. The van der Waals surface area contributed by atoms with Gasteiger partial charge in [0.15, 0.2) is 5.60 Å². The first kappa shape index (κ1) is 32.8. The lowest BCUT2D eigenvalue weighted by Gasteiger charge is -2.62. The fourth-order valence-electron chi connectivity index (χ4n) is 6.12. The summed E-state index contributed by atoms with van der Waals surface area (Å²) in [5, 5.41) is 26.8. The van der Waals surface area contributed by atoms with Gasteiger partial charge in [-0.2, -0.15) is 0 Å². The van der Waals surface area contributed by atoms with Crippen molar-refractivity contribution in [3.8, 4) is 5.75 Å². The number of esters is 1. The van der Waals surface area contributed by atoms with Crippen LogP contribution in [0.1, 0.15) is 37.5 Å². The molecule has 236 valence electrons. The number of carbonyl (C=O) groups is 1. The van der Waals surface area contributed by atoms with Crippen molar-refractivity contribution in [3.63, 3.8) is 0 Å². The normalized spacial score (nSPS) is 26.6. The molecular weight excluding hydrogens is 584 g/mol. The number of thiol groups is 1. The maximum atomic E-state index is 13.6. The highest BCUT2D eigenvalue weighted by Gasteiger charge is 2.73. The zero-order valence-electron chi connectivity index (χ0n) is 26.0. The molecule has 1 heterocycles. The number of hydrogen-bond acceptors (Lipinski definition) is 7. The predicted octanol–water partition coefficient (Wildman–Crippen LogP) is 6.24. The number of para-hydroxylation sites is 1. The Morgan fingerprint density at radius 3 is 1.67 bits per heavy atom. The molecule has 0 saturated carbocycles. The van der Waals surface area contributed by atoms with Gasteiger partial charge in [0, 0.05) is 19.3 Å². The average Bonchev–Trinajstić information content (AvgIpc) is 3.03. The summed E-state index contributed by atoms with van der Waals surface area (Å²) in [5.41, 5.74) is -5.09. The molecule has 7 heteroatoms. The molecule has 1 aliphatic heterocycles. The van der Waals surface area contributed by atoms with E-state index >= 15 is 0 Å². The molecule has 2 N–H and O–H groups in total. The van der Waals surface area contributed by atoms with E-state index in [-0.39, 0.29) is 25.9 Å². The van der Waals surface area contributed by atoms with Gasteiger partial charge in [0.1, 0.15) is 35.1 Å². The highest BCUT2D eigenvalue weighted by molar-refractivity contribution is 7.80. The van der Waals surface area contributed by atoms with Crippen LogP contribution in [0, 0.1) is 5.41 Å². The van der Waals surface area contributed by atoms with Crippen molar-refractivity contribution in [2.24, 2.45) is 5.41 Å². The highest BCUT2D eigenvalue weighted by Crippen LogP contribution is 2.52. The molecule has 45 heavy (non-hydrogen) atoms. The van der Waals surface area contributed by atoms with E-state index in [0.717, 1.165) is 16.7 Å². The van der Waals surface area contributed by atoms with E-state index in [0.29, 0.717) is 5.75 Å². The summed E-state index contributed by atoms with van der Waals surface area (Å²) in [7, 11) is 0. The smallest absolute Gasteiger partial charge is 0.311 e. The molecule has 1 fully saturated rings. The van der Waals surface area contributed by atoms with Gasteiger partial charge in [0.05, 0.1) is 5.41 Å². The van der Waals surface area contributed by atoms with Gasteiger partial charge < -0.3 is 24.4 Å². The zero-order chi connectivity index (χ0) is 32.1. The van der Waals surface area contributed by atoms with Gasteiger partial charge in [-0.05, 0) is 49.6 Å². The van der Waals surface area contributed by atoms with Crippen molar-refractivity contribution in [2.75, 3.05) is 6.61 Å². The molecule has 5 rings (SSSR count). The van der Waals surface area contributed by atoms with Crippen LogP contribution in [0.3, 0.4) is 0 Å². The Morgan fingerprint density at radius 2 is 1.18 bits per heavy atom. The molecule has 0 amide bonds. The molecule has 0 radical (unpaired) electrons. The number of hydrogen-bond donors (Lipinski definition) is 3. The van der Waals surface area contributed by atoms with Crippen LogP contribution in [-0.2, 0) is 33.5 Å². The minimum absolute atomic E-state index is 0.000970. The van der Waals surface area contributed by atoms with Gasteiger partial charge >= 0.3 is 5.97 Å².